The second-order valence-corrected chi connectivity index (χ2v) is 8.74. The molecule has 0 fully saturated rings. The highest BCUT2D eigenvalue weighted by atomic mass is 32.2. The highest BCUT2D eigenvalue weighted by Crippen LogP contribution is 2.28. The van der Waals surface area contributed by atoms with Gasteiger partial charge in [0.15, 0.2) is 10.8 Å². The van der Waals surface area contributed by atoms with E-state index >= 15 is 0 Å². The number of ether oxygens (including phenoxy) is 2. The van der Waals surface area contributed by atoms with Crippen molar-refractivity contribution in [2.24, 2.45) is 0 Å². The molecule has 1 amide bonds. The fourth-order valence-electron chi connectivity index (χ4n) is 3.54. The Bertz CT molecular complexity index is 1390. The molecule has 0 saturated carbocycles. The lowest BCUT2D eigenvalue weighted by Crippen LogP contribution is -2.27. The number of hydrogen-bond acceptors (Lipinski definition) is 7. The first-order valence-corrected chi connectivity index (χ1v) is 12.1. The number of carbonyl (C=O) groups excluding carboxylic acids is 1. The van der Waals surface area contributed by atoms with Gasteiger partial charge in [0.1, 0.15) is 11.5 Å². The molecule has 0 aliphatic rings. The Balaban J connectivity index is 1.71. The second-order valence-electron chi connectivity index (χ2n) is 7.57. The normalized spacial score (nSPS) is 11.7. The van der Waals surface area contributed by atoms with E-state index < -0.39 is 5.25 Å². The molecule has 0 aliphatic heterocycles. The zero-order valence-corrected chi connectivity index (χ0v) is 20.5. The molecular formula is C26H26N4O4S. The summed E-state index contributed by atoms with van der Waals surface area (Å²) >= 11 is 1.23. The maximum Gasteiger partial charge on any atom is 0.268 e. The summed E-state index contributed by atoms with van der Waals surface area (Å²) in [6.07, 6.45) is 2.12. The van der Waals surface area contributed by atoms with Crippen molar-refractivity contribution in [1.29, 1.82) is 0 Å². The van der Waals surface area contributed by atoms with Gasteiger partial charge in [0, 0.05) is 18.0 Å². The van der Waals surface area contributed by atoms with E-state index in [4.69, 9.17) is 9.47 Å². The molecule has 4 rings (SSSR count). The summed E-state index contributed by atoms with van der Waals surface area (Å²) in [5, 5.41) is 3.23. The van der Waals surface area contributed by atoms with Crippen molar-refractivity contribution >= 4 is 34.4 Å². The molecule has 0 spiro atoms. The Morgan fingerprint density at radius 3 is 2.60 bits per heavy atom. The van der Waals surface area contributed by atoms with E-state index in [-0.39, 0.29) is 11.5 Å². The quantitative estimate of drug-likeness (QED) is 0.268. The van der Waals surface area contributed by atoms with Gasteiger partial charge in [-0.2, -0.15) is 0 Å². The Kier molecular flexibility index (Phi) is 7.67. The molecule has 8 nitrogen and oxygen atoms in total. The van der Waals surface area contributed by atoms with Crippen molar-refractivity contribution in [3.63, 3.8) is 0 Å². The van der Waals surface area contributed by atoms with Crippen LogP contribution in [0.4, 0.5) is 5.69 Å². The first-order chi connectivity index (χ1) is 17.0. The molecule has 4 aromatic rings. The lowest BCUT2D eigenvalue weighted by atomic mass is 10.2. The smallest absolute Gasteiger partial charge is 0.268 e. The number of nitrogens with one attached hydrogen (secondary N) is 1. The molecule has 180 valence electrons. The first-order valence-electron chi connectivity index (χ1n) is 11.3. The van der Waals surface area contributed by atoms with Crippen LogP contribution in [0.2, 0.25) is 0 Å². The van der Waals surface area contributed by atoms with Crippen LogP contribution in [-0.4, -0.2) is 39.4 Å². The van der Waals surface area contributed by atoms with Gasteiger partial charge in [-0.05, 0) is 61.9 Å². The summed E-state index contributed by atoms with van der Waals surface area (Å²) in [5.41, 5.74) is 1.34. The number of hydrogen-bond donors (Lipinski definition) is 1. The van der Waals surface area contributed by atoms with Crippen LogP contribution in [0.25, 0.3) is 16.7 Å². The SMILES string of the molecule is CCOc1ccc(-n2c(SC(CC)C(=O)Nc3cccc(OC)c3)nc3ncccc3c2=O)cc1. The van der Waals surface area contributed by atoms with E-state index in [0.29, 0.717) is 52.1 Å². The third kappa shape index (κ3) is 5.46. The lowest BCUT2D eigenvalue weighted by Gasteiger charge is -2.18. The number of nitrogens with zero attached hydrogens (tertiary/aromatic N) is 3. The van der Waals surface area contributed by atoms with Crippen LogP contribution in [0.15, 0.2) is 76.8 Å². The number of rotatable bonds is 9. The molecule has 35 heavy (non-hydrogen) atoms. The van der Waals surface area contributed by atoms with Gasteiger partial charge in [-0.15, -0.1) is 0 Å². The van der Waals surface area contributed by atoms with E-state index in [0.717, 1.165) is 0 Å². The Labute approximate surface area is 207 Å². The predicted octanol–water partition coefficient (Wildman–Crippen LogP) is 4.70. The maximum atomic E-state index is 13.5. The number of carbonyl (C=O) groups is 1. The van der Waals surface area contributed by atoms with Gasteiger partial charge in [-0.1, -0.05) is 24.8 Å². The summed E-state index contributed by atoms with van der Waals surface area (Å²) in [7, 11) is 1.57. The Hall–Kier alpha value is -3.85. The van der Waals surface area contributed by atoms with E-state index in [2.05, 4.69) is 15.3 Å². The number of methoxy groups -OCH3 is 1. The van der Waals surface area contributed by atoms with Crippen molar-refractivity contribution < 1.29 is 14.3 Å². The van der Waals surface area contributed by atoms with Gasteiger partial charge in [0.2, 0.25) is 5.91 Å². The molecule has 2 aromatic heterocycles. The fraction of sp³-hybridized carbons (Fsp3) is 0.231. The molecule has 9 heteroatoms. The van der Waals surface area contributed by atoms with Crippen molar-refractivity contribution in [3.8, 4) is 17.2 Å². The number of pyridine rings is 1. The van der Waals surface area contributed by atoms with Crippen LogP contribution < -0.4 is 20.3 Å². The summed E-state index contributed by atoms with van der Waals surface area (Å²) in [4.78, 5) is 35.6. The van der Waals surface area contributed by atoms with E-state index in [9.17, 15) is 9.59 Å². The maximum absolute atomic E-state index is 13.5. The molecule has 1 N–H and O–H groups in total. The fourth-order valence-corrected chi connectivity index (χ4v) is 4.56. The van der Waals surface area contributed by atoms with Crippen LogP contribution in [0.5, 0.6) is 11.5 Å². The van der Waals surface area contributed by atoms with Gasteiger partial charge in [0.05, 0.1) is 30.0 Å². The van der Waals surface area contributed by atoms with Gasteiger partial charge >= 0.3 is 0 Å². The van der Waals surface area contributed by atoms with Gasteiger partial charge in [-0.3, -0.25) is 14.2 Å². The average molecular weight is 491 g/mol. The van der Waals surface area contributed by atoms with Crippen LogP contribution in [0.3, 0.4) is 0 Å². The number of benzene rings is 2. The zero-order chi connectivity index (χ0) is 24.8. The largest absolute Gasteiger partial charge is 0.497 e. The summed E-state index contributed by atoms with van der Waals surface area (Å²) < 4.78 is 12.3. The second kappa shape index (κ2) is 11.1. The Morgan fingerprint density at radius 2 is 1.89 bits per heavy atom. The highest BCUT2D eigenvalue weighted by Gasteiger charge is 2.23. The molecular weight excluding hydrogens is 464 g/mol. The minimum atomic E-state index is -0.497. The third-order valence-electron chi connectivity index (χ3n) is 5.27. The molecule has 0 aliphatic carbocycles. The van der Waals surface area contributed by atoms with Crippen LogP contribution >= 0.6 is 11.8 Å². The summed E-state index contributed by atoms with van der Waals surface area (Å²) in [6.45, 7) is 4.38. The third-order valence-corrected chi connectivity index (χ3v) is 6.58. The predicted molar refractivity (Wildman–Crippen MR) is 138 cm³/mol. The highest BCUT2D eigenvalue weighted by molar-refractivity contribution is 8.00. The molecule has 1 unspecified atom stereocenters. The van der Waals surface area contributed by atoms with E-state index in [1.54, 1.807) is 61.8 Å². The van der Waals surface area contributed by atoms with E-state index in [1.807, 2.05) is 26.0 Å². The average Bonchev–Trinajstić information content (AvgIpc) is 2.88. The molecule has 0 radical (unpaired) electrons. The molecule has 0 bridgehead atoms. The molecule has 1 atom stereocenters. The number of anilines is 1. The van der Waals surface area contributed by atoms with E-state index in [1.165, 1.54) is 16.3 Å². The topological polar surface area (TPSA) is 95.3 Å². The summed E-state index contributed by atoms with van der Waals surface area (Å²) in [6, 6.07) is 17.8. The number of amides is 1. The van der Waals surface area contributed by atoms with Gasteiger partial charge < -0.3 is 14.8 Å². The number of aromatic nitrogens is 3. The van der Waals surface area contributed by atoms with Crippen LogP contribution in [0.1, 0.15) is 20.3 Å². The summed E-state index contributed by atoms with van der Waals surface area (Å²) in [5.74, 6) is 1.16. The van der Waals surface area contributed by atoms with Crippen molar-refractivity contribution in [3.05, 3.63) is 77.2 Å². The lowest BCUT2D eigenvalue weighted by molar-refractivity contribution is -0.115. The zero-order valence-electron chi connectivity index (χ0n) is 19.7. The molecule has 2 aromatic carbocycles. The number of fused-ring (bicyclic) bond motifs is 1. The minimum Gasteiger partial charge on any atom is -0.497 e. The first kappa shape index (κ1) is 24.3. The van der Waals surface area contributed by atoms with Crippen molar-refractivity contribution in [1.82, 2.24) is 14.5 Å². The molecule has 2 heterocycles. The van der Waals surface area contributed by atoms with Crippen LogP contribution in [0, 0.1) is 0 Å². The van der Waals surface area contributed by atoms with Gasteiger partial charge in [0.25, 0.3) is 5.56 Å². The Morgan fingerprint density at radius 1 is 1.09 bits per heavy atom. The van der Waals surface area contributed by atoms with Gasteiger partial charge in [-0.25, -0.2) is 9.97 Å². The van der Waals surface area contributed by atoms with Crippen molar-refractivity contribution in [2.45, 2.75) is 30.7 Å². The monoisotopic (exact) mass is 490 g/mol. The number of thioether (sulfide) groups is 1. The standard InChI is InChI=1S/C26H26N4O4S/c1-4-22(24(31)28-17-8-6-9-20(16-17)33-3)35-26-29-23-21(10-7-15-27-23)25(32)30(26)18-11-13-19(14-12-18)34-5-2/h6-16,22H,4-5H2,1-3H3,(H,28,31). The molecule has 0 saturated heterocycles. The minimum absolute atomic E-state index is 0.195. The van der Waals surface area contributed by atoms with Crippen molar-refractivity contribution in [2.75, 3.05) is 19.0 Å². The van der Waals surface area contributed by atoms with Crippen LogP contribution in [-0.2, 0) is 4.79 Å².